The van der Waals surface area contributed by atoms with Gasteiger partial charge < -0.3 is 26.1 Å². The second-order valence-electron chi connectivity index (χ2n) is 6.87. The summed E-state index contributed by atoms with van der Waals surface area (Å²) in [6, 6.07) is 16.2. The minimum absolute atomic E-state index is 0.180. The maximum absolute atomic E-state index is 5.86. The molecule has 2 heterocycles. The highest BCUT2D eigenvalue weighted by molar-refractivity contribution is 5.83. The maximum Gasteiger partial charge on any atom is 0.229 e. The van der Waals surface area contributed by atoms with E-state index in [-0.39, 0.29) is 5.95 Å². The molecule has 8 heteroatoms. The molecule has 0 aliphatic carbocycles. The van der Waals surface area contributed by atoms with Crippen LogP contribution < -0.4 is 21.1 Å². The average molecular weight is 403 g/mol. The van der Waals surface area contributed by atoms with Gasteiger partial charge in [0.2, 0.25) is 17.8 Å². The number of nitrogens with one attached hydrogen (secondary N) is 3. The normalized spacial score (nSPS) is 10.8. The van der Waals surface area contributed by atoms with E-state index in [1.165, 1.54) is 10.9 Å². The van der Waals surface area contributed by atoms with Crippen molar-refractivity contribution in [3.63, 3.8) is 0 Å². The van der Waals surface area contributed by atoms with Crippen molar-refractivity contribution in [2.45, 2.75) is 12.8 Å². The molecule has 0 bridgehead atoms. The summed E-state index contributed by atoms with van der Waals surface area (Å²) < 4.78 is 5.39. The second-order valence-corrected chi connectivity index (χ2v) is 6.87. The Bertz CT molecular complexity index is 1130. The van der Waals surface area contributed by atoms with Gasteiger partial charge in [-0.3, -0.25) is 0 Å². The number of hydrogen-bond donors (Lipinski definition) is 4. The number of nitrogens with two attached hydrogens (primary N) is 1. The van der Waals surface area contributed by atoms with Gasteiger partial charge in [-0.1, -0.05) is 36.4 Å². The minimum Gasteiger partial charge on any atom is -0.496 e. The monoisotopic (exact) mass is 403 g/mol. The van der Waals surface area contributed by atoms with Crippen molar-refractivity contribution in [2.24, 2.45) is 0 Å². The predicted molar refractivity (Wildman–Crippen MR) is 120 cm³/mol. The van der Waals surface area contributed by atoms with E-state index in [0.717, 1.165) is 29.7 Å². The molecule has 0 radical (unpaired) electrons. The molecule has 0 aliphatic heterocycles. The molecule has 2 aromatic heterocycles. The Balaban J connectivity index is 1.33. The number of methoxy groups -OCH3 is 1. The molecule has 0 amide bonds. The Kier molecular flexibility index (Phi) is 5.93. The van der Waals surface area contributed by atoms with Crippen molar-refractivity contribution in [1.82, 2.24) is 19.9 Å². The van der Waals surface area contributed by atoms with Gasteiger partial charge in [0.25, 0.3) is 0 Å². The van der Waals surface area contributed by atoms with Gasteiger partial charge >= 0.3 is 0 Å². The quantitative estimate of drug-likeness (QED) is 0.339. The van der Waals surface area contributed by atoms with Crippen LogP contribution in [0.3, 0.4) is 0 Å². The number of rotatable bonds is 9. The van der Waals surface area contributed by atoms with E-state index in [0.29, 0.717) is 25.0 Å². The van der Waals surface area contributed by atoms with E-state index in [2.05, 4.69) is 42.7 Å². The Morgan fingerprint density at radius 2 is 1.53 bits per heavy atom. The number of H-pyrrole nitrogens is 1. The zero-order valence-corrected chi connectivity index (χ0v) is 16.9. The molecule has 0 unspecified atom stereocenters. The largest absolute Gasteiger partial charge is 0.496 e. The van der Waals surface area contributed by atoms with Crippen molar-refractivity contribution in [2.75, 3.05) is 36.6 Å². The summed E-state index contributed by atoms with van der Waals surface area (Å²) in [5.41, 5.74) is 9.36. The van der Waals surface area contributed by atoms with Crippen LogP contribution in [0.15, 0.2) is 54.7 Å². The van der Waals surface area contributed by atoms with Gasteiger partial charge in [-0.25, -0.2) is 0 Å². The highest BCUT2D eigenvalue weighted by Crippen LogP contribution is 2.19. The van der Waals surface area contributed by atoms with E-state index < -0.39 is 0 Å². The maximum atomic E-state index is 5.86. The fourth-order valence-electron chi connectivity index (χ4n) is 3.42. The number of aromatic amines is 1. The van der Waals surface area contributed by atoms with Crippen LogP contribution in [-0.4, -0.2) is 40.1 Å². The first-order chi connectivity index (χ1) is 14.7. The summed E-state index contributed by atoms with van der Waals surface area (Å²) in [4.78, 5) is 16.1. The van der Waals surface area contributed by atoms with Gasteiger partial charge in [-0.15, -0.1) is 0 Å². The van der Waals surface area contributed by atoms with Crippen molar-refractivity contribution < 1.29 is 4.74 Å². The van der Waals surface area contributed by atoms with Gasteiger partial charge in [0.1, 0.15) is 5.75 Å². The van der Waals surface area contributed by atoms with E-state index in [1.807, 2.05) is 42.6 Å². The van der Waals surface area contributed by atoms with Crippen molar-refractivity contribution in [1.29, 1.82) is 0 Å². The van der Waals surface area contributed by atoms with Gasteiger partial charge in [0.05, 0.1) is 7.11 Å². The summed E-state index contributed by atoms with van der Waals surface area (Å²) in [7, 11) is 1.67. The highest BCUT2D eigenvalue weighted by atomic mass is 16.5. The van der Waals surface area contributed by atoms with Crippen molar-refractivity contribution >= 4 is 28.7 Å². The molecule has 154 valence electrons. The van der Waals surface area contributed by atoms with Gasteiger partial charge in [-0.2, -0.15) is 15.0 Å². The number of hydrogen-bond acceptors (Lipinski definition) is 7. The van der Waals surface area contributed by atoms with E-state index in [9.17, 15) is 0 Å². The minimum atomic E-state index is 0.180. The summed E-state index contributed by atoms with van der Waals surface area (Å²) >= 11 is 0. The predicted octanol–water partition coefficient (Wildman–Crippen LogP) is 3.25. The summed E-state index contributed by atoms with van der Waals surface area (Å²) in [6.45, 7) is 1.34. The number of fused-ring (bicyclic) bond motifs is 1. The van der Waals surface area contributed by atoms with Crippen LogP contribution in [0.5, 0.6) is 5.75 Å². The number of anilines is 3. The molecule has 2 aromatic carbocycles. The van der Waals surface area contributed by atoms with Crippen LogP contribution in [0.25, 0.3) is 10.9 Å². The smallest absolute Gasteiger partial charge is 0.229 e. The molecular formula is C22H25N7O. The molecule has 5 N–H and O–H groups in total. The fraction of sp³-hybridized carbons (Fsp3) is 0.227. The fourth-order valence-corrected chi connectivity index (χ4v) is 3.42. The molecule has 0 fully saturated rings. The van der Waals surface area contributed by atoms with Gasteiger partial charge in [-0.05, 0) is 36.1 Å². The first-order valence-corrected chi connectivity index (χ1v) is 9.89. The summed E-state index contributed by atoms with van der Waals surface area (Å²) in [5, 5.41) is 7.68. The summed E-state index contributed by atoms with van der Waals surface area (Å²) in [5.74, 6) is 1.96. The number of benzene rings is 2. The van der Waals surface area contributed by atoms with E-state index >= 15 is 0 Å². The summed E-state index contributed by atoms with van der Waals surface area (Å²) in [6.07, 6.45) is 3.66. The molecular weight excluding hydrogens is 378 g/mol. The van der Waals surface area contributed by atoms with Crippen LogP contribution in [0.2, 0.25) is 0 Å². The standard InChI is InChI=1S/C22H25N7O/c1-30-19-9-5-2-6-15(19)10-12-24-21-27-20(23)28-22(29-21)25-13-11-16-14-26-18-8-4-3-7-17(16)18/h2-9,14,26H,10-13H2,1H3,(H4,23,24,25,27,28,29). The third kappa shape index (κ3) is 4.60. The first kappa shape index (κ1) is 19.5. The molecule has 0 spiro atoms. The molecule has 0 saturated carbocycles. The molecule has 8 nitrogen and oxygen atoms in total. The topological polar surface area (TPSA) is 114 Å². The number of ether oxygens (including phenoxy) is 1. The third-order valence-electron chi connectivity index (χ3n) is 4.88. The lowest BCUT2D eigenvalue weighted by Gasteiger charge is -2.10. The van der Waals surface area contributed by atoms with Crippen molar-refractivity contribution in [3.8, 4) is 5.75 Å². The molecule has 0 atom stereocenters. The average Bonchev–Trinajstić information content (AvgIpc) is 3.17. The SMILES string of the molecule is COc1ccccc1CCNc1nc(N)nc(NCCc2c[nH]c3ccccc23)n1. The van der Waals surface area contributed by atoms with Gasteiger partial charge in [0, 0.05) is 30.2 Å². The Labute approximate surface area is 174 Å². The van der Waals surface area contributed by atoms with Crippen LogP contribution in [0.4, 0.5) is 17.8 Å². The Morgan fingerprint density at radius 3 is 2.30 bits per heavy atom. The van der Waals surface area contributed by atoms with Crippen molar-refractivity contribution in [3.05, 3.63) is 65.9 Å². The second kappa shape index (κ2) is 9.13. The van der Waals surface area contributed by atoms with Crippen LogP contribution in [0.1, 0.15) is 11.1 Å². The van der Waals surface area contributed by atoms with E-state index in [4.69, 9.17) is 10.5 Å². The molecule has 4 aromatic rings. The Hall–Kier alpha value is -3.81. The number of para-hydroxylation sites is 2. The number of aromatic nitrogens is 4. The zero-order chi connectivity index (χ0) is 20.8. The molecule has 0 aliphatic rings. The van der Waals surface area contributed by atoms with E-state index in [1.54, 1.807) is 7.11 Å². The molecule has 4 rings (SSSR count). The first-order valence-electron chi connectivity index (χ1n) is 9.89. The molecule has 0 saturated heterocycles. The van der Waals surface area contributed by atoms with Crippen LogP contribution in [0, 0.1) is 0 Å². The number of nitrogen functional groups attached to an aromatic ring is 1. The van der Waals surface area contributed by atoms with Crippen LogP contribution in [-0.2, 0) is 12.8 Å². The third-order valence-corrected chi connectivity index (χ3v) is 4.88. The zero-order valence-electron chi connectivity index (χ0n) is 16.9. The van der Waals surface area contributed by atoms with Gasteiger partial charge in [0.15, 0.2) is 0 Å². The van der Waals surface area contributed by atoms with Crippen LogP contribution >= 0.6 is 0 Å². The molecule has 30 heavy (non-hydrogen) atoms. The highest BCUT2D eigenvalue weighted by Gasteiger charge is 2.07. The number of nitrogens with zero attached hydrogens (tertiary/aromatic N) is 3. The Morgan fingerprint density at radius 1 is 0.867 bits per heavy atom. The lowest BCUT2D eigenvalue weighted by molar-refractivity contribution is 0.410. The lowest BCUT2D eigenvalue weighted by atomic mass is 10.1. The lowest BCUT2D eigenvalue weighted by Crippen LogP contribution is -2.14.